The Morgan fingerprint density at radius 1 is 1.25 bits per heavy atom. The highest BCUT2D eigenvalue weighted by Gasteiger charge is 2.24. The summed E-state index contributed by atoms with van der Waals surface area (Å²) in [6, 6.07) is 9.22. The van der Waals surface area contributed by atoms with Crippen LogP contribution in [0.3, 0.4) is 0 Å². The average Bonchev–Trinajstić information content (AvgIpc) is 2.87. The molecule has 3 rings (SSSR count). The number of ether oxygens (including phenoxy) is 1. The highest BCUT2D eigenvalue weighted by Crippen LogP contribution is 2.35. The Hall–Kier alpha value is -0.590. The summed E-state index contributed by atoms with van der Waals surface area (Å²) >= 11 is 11.7. The fraction of sp³-hybridized carbons (Fsp3) is 0.133. The molecule has 0 N–H and O–H groups in total. The number of rotatable bonds is 2. The van der Waals surface area contributed by atoms with Gasteiger partial charge in [-0.3, -0.25) is 4.79 Å². The van der Waals surface area contributed by atoms with Gasteiger partial charge in [0, 0.05) is 25.0 Å². The van der Waals surface area contributed by atoms with Gasteiger partial charge in [-0.25, -0.2) is 0 Å². The third-order valence-electron chi connectivity index (χ3n) is 3.17. The van der Waals surface area contributed by atoms with Gasteiger partial charge in [0.05, 0.1) is 12.2 Å². The molecule has 0 saturated carbocycles. The van der Waals surface area contributed by atoms with E-state index >= 15 is 0 Å². The molecule has 1 aliphatic heterocycles. The smallest absolute Gasteiger partial charge is 0.197 e. The molecule has 0 radical (unpaired) electrons. The topological polar surface area (TPSA) is 26.3 Å². The first kappa shape index (κ1) is 14.4. The Kier molecular flexibility index (Phi) is 4.06. The van der Waals surface area contributed by atoms with Crippen molar-refractivity contribution in [2.24, 2.45) is 0 Å². The second-order valence-corrected chi connectivity index (χ2v) is 7.03. The molecule has 0 amide bonds. The van der Waals surface area contributed by atoms with Gasteiger partial charge in [0.2, 0.25) is 0 Å². The SMILES string of the molecule is O=C(c1cc(I)ccc1Br)c1cc(Cl)cc2c1OCC2. The number of benzene rings is 2. The number of hydrogen-bond acceptors (Lipinski definition) is 2. The summed E-state index contributed by atoms with van der Waals surface area (Å²) in [6.07, 6.45) is 0.795. The lowest BCUT2D eigenvalue weighted by molar-refractivity contribution is 0.103. The molecular weight excluding hydrogens is 454 g/mol. The molecule has 0 saturated heterocycles. The van der Waals surface area contributed by atoms with Crippen molar-refractivity contribution in [2.75, 3.05) is 6.61 Å². The maximum Gasteiger partial charge on any atom is 0.197 e. The van der Waals surface area contributed by atoms with Gasteiger partial charge < -0.3 is 4.74 Å². The third-order valence-corrected chi connectivity index (χ3v) is 4.75. The minimum atomic E-state index is -0.0731. The number of ketones is 1. The number of fused-ring (bicyclic) bond motifs is 1. The van der Waals surface area contributed by atoms with Gasteiger partial charge >= 0.3 is 0 Å². The normalized spacial score (nSPS) is 12.9. The minimum Gasteiger partial charge on any atom is -0.492 e. The quantitative estimate of drug-likeness (QED) is 0.469. The van der Waals surface area contributed by atoms with Crippen molar-refractivity contribution in [3.8, 4) is 5.75 Å². The molecule has 0 atom stereocenters. The van der Waals surface area contributed by atoms with Crippen LogP contribution in [0.5, 0.6) is 5.75 Å². The second kappa shape index (κ2) is 5.66. The van der Waals surface area contributed by atoms with Crippen LogP contribution in [0.4, 0.5) is 0 Å². The van der Waals surface area contributed by atoms with E-state index in [0.29, 0.717) is 28.5 Å². The molecule has 2 aromatic carbocycles. The molecule has 20 heavy (non-hydrogen) atoms. The van der Waals surface area contributed by atoms with Crippen molar-refractivity contribution in [3.05, 3.63) is 60.1 Å². The fourth-order valence-electron chi connectivity index (χ4n) is 2.25. The van der Waals surface area contributed by atoms with Crippen LogP contribution in [0.2, 0.25) is 5.02 Å². The van der Waals surface area contributed by atoms with Gasteiger partial charge in [0.25, 0.3) is 0 Å². The van der Waals surface area contributed by atoms with Crippen LogP contribution in [-0.4, -0.2) is 12.4 Å². The molecule has 5 heteroatoms. The van der Waals surface area contributed by atoms with Crippen molar-refractivity contribution in [2.45, 2.75) is 6.42 Å². The lowest BCUT2D eigenvalue weighted by atomic mass is 10.00. The van der Waals surface area contributed by atoms with Gasteiger partial charge in [-0.05, 0) is 58.5 Å². The Morgan fingerprint density at radius 3 is 2.85 bits per heavy atom. The van der Waals surface area contributed by atoms with E-state index in [-0.39, 0.29) is 5.78 Å². The Labute approximate surface area is 143 Å². The summed E-state index contributed by atoms with van der Waals surface area (Å²) in [5, 5.41) is 0.569. The van der Waals surface area contributed by atoms with Crippen LogP contribution in [0, 0.1) is 3.57 Å². The van der Waals surface area contributed by atoms with Crippen LogP contribution >= 0.6 is 50.1 Å². The zero-order chi connectivity index (χ0) is 14.3. The molecule has 0 fully saturated rings. The van der Waals surface area contributed by atoms with E-state index in [0.717, 1.165) is 20.0 Å². The van der Waals surface area contributed by atoms with Crippen LogP contribution in [0.25, 0.3) is 0 Å². The van der Waals surface area contributed by atoms with E-state index in [1.807, 2.05) is 24.3 Å². The van der Waals surface area contributed by atoms with Crippen molar-refractivity contribution in [1.82, 2.24) is 0 Å². The molecule has 1 heterocycles. The van der Waals surface area contributed by atoms with Gasteiger partial charge in [-0.2, -0.15) is 0 Å². The molecular formula is C15H9BrClIO2. The van der Waals surface area contributed by atoms with Crippen molar-refractivity contribution in [1.29, 1.82) is 0 Å². The molecule has 102 valence electrons. The van der Waals surface area contributed by atoms with E-state index in [2.05, 4.69) is 38.5 Å². The highest BCUT2D eigenvalue weighted by molar-refractivity contribution is 14.1. The Morgan fingerprint density at radius 2 is 2.05 bits per heavy atom. The molecule has 0 spiro atoms. The van der Waals surface area contributed by atoms with E-state index < -0.39 is 0 Å². The zero-order valence-corrected chi connectivity index (χ0v) is 14.8. The molecule has 1 aliphatic rings. The van der Waals surface area contributed by atoms with Crippen molar-refractivity contribution in [3.63, 3.8) is 0 Å². The highest BCUT2D eigenvalue weighted by atomic mass is 127. The molecule has 0 aromatic heterocycles. The predicted octanol–water partition coefficient (Wildman–Crippen LogP) is 4.87. The summed E-state index contributed by atoms with van der Waals surface area (Å²) in [5.74, 6) is 0.598. The van der Waals surface area contributed by atoms with Crippen LogP contribution in [0.15, 0.2) is 34.8 Å². The molecule has 0 unspecified atom stereocenters. The van der Waals surface area contributed by atoms with Crippen molar-refractivity contribution >= 4 is 55.9 Å². The van der Waals surface area contributed by atoms with Crippen LogP contribution in [-0.2, 0) is 6.42 Å². The summed E-state index contributed by atoms with van der Waals surface area (Å²) in [7, 11) is 0. The average molecular weight is 463 g/mol. The lowest BCUT2D eigenvalue weighted by Gasteiger charge is -2.10. The van der Waals surface area contributed by atoms with Crippen LogP contribution in [0.1, 0.15) is 21.5 Å². The molecule has 2 aromatic rings. The van der Waals surface area contributed by atoms with E-state index in [9.17, 15) is 4.79 Å². The first-order chi connectivity index (χ1) is 9.56. The Bertz CT molecular complexity index is 715. The fourth-order valence-corrected chi connectivity index (χ4v) is 3.41. The Balaban J connectivity index is 2.14. The summed E-state index contributed by atoms with van der Waals surface area (Å²) in [4.78, 5) is 12.8. The minimum absolute atomic E-state index is 0.0731. The number of carbonyl (C=O) groups is 1. The van der Waals surface area contributed by atoms with Gasteiger partial charge in [-0.15, -0.1) is 0 Å². The molecule has 0 aliphatic carbocycles. The first-order valence-corrected chi connectivity index (χ1v) is 8.26. The zero-order valence-electron chi connectivity index (χ0n) is 10.3. The van der Waals surface area contributed by atoms with Gasteiger partial charge in [0.1, 0.15) is 5.75 Å². The predicted molar refractivity (Wildman–Crippen MR) is 90.9 cm³/mol. The van der Waals surface area contributed by atoms with Crippen molar-refractivity contribution < 1.29 is 9.53 Å². The standard InChI is InChI=1S/C15H9BrClIO2/c16-13-2-1-10(18)7-11(13)14(19)12-6-9(17)5-8-3-4-20-15(8)12/h1-2,5-7H,3-4H2. The number of halogens is 3. The lowest BCUT2D eigenvalue weighted by Crippen LogP contribution is -2.05. The van der Waals surface area contributed by atoms with Gasteiger partial charge in [-0.1, -0.05) is 27.5 Å². The molecule has 2 nitrogen and oxygen atoms in total. The summed E-state index contributed by atoms with van der Waals surface area (Å²) < 4.78 is 7.38. The van der Waals surface area contributed by atoms with E-state index in [4.69, 9.17) is 16.3 Å². The van der Waals surface area contributed by atoms with Crippen LogP contribution < -0.4 is 4.74 Å². The third kappa shape index (κ3) is 2.61. The summed E-state index contributed by atoms with van der Waals surface area (Å²) in [5.41, 5.74) is 2.16. The van der Waals surface area contributed by atoms with E-state index in [1.165, 1.54) is 0 Å². The first-order valence-electron chi connectivity index (χ1n) is 6.01. The van der Waals surface area contributed by atoms with E-state index in [1.54, 1.807) is 6.07 Å². The maximum atomic E-state index is 12.8. The van der Waals surface area contributed by atoms with Gasteiger partial charge in [0.15, 0.2) is 5.78 Å². The summed E-state index contributed by atoms with van der Waals surface area (Å²) in [6.45, 7) is 0.601. The number of hydrogen-bond donors (Lipinski definition) is 0. The largest absolute Gasteiger partial charge is 0.492 e. The second-order valence-electron chi connectivity index (χ2n) is 4.49. The monoisotopic (exact) mass is 462 g/mol. The maximum absolute atomic E-state index is 12.8. The number of carbonyl (C=O) groups excluding carboxylic acids is 1. The molecule has 0 bridgehead atoms.